The molecule has 0 fully saturated rings. The lowest BCUT2D eigenvalue weighted by Crippen LogP contribution is -2.25. The molecule has 70 valence electrons. The first-order chi connectivity index (χ1) is 6.20. The molecule has 2 atom stereocenters. The number of allylic oxidation sites excluding steroid dienone is 4. The van der Waals surface area contributed by atoms with Crippen LogP contribution in [0.5, 0.6) is 0 Å². The highest BCUT2D eigenvalue weighted by molar-refractivity contribution is 5.98. The average Bonchev–Trinajstić information content (AvgIpc) is 2.04. The SMILES string of the molecule is CCC1CC(=N)C(C)=CC2=CC1C2. The van der Waals surface area contributed by atoms with Crippen LogP contribution in [0, 0.1) is 17.2 Å². The molecular formula is C12H17N. The first-order valence-electron chi connectivity index (χ1n) is 5.17. The van der Waals surface area contributed by atoms with E-state index in [1.807, 2.05) is 0 Å². The van der Waals surface area contributed by atoms with Crippen LogP contribution in [0.2, 0.25) is 0 Å². The Balaban J connectivity index is 2.25. The van der Waals surface area contributed by atoms with E-state index in [1.165, 1.54) is 24.0 Å². The first kappa shape index (κ1) is 8.74. The van der Waals surface area contributed by atoms with Crippen molar-refractivity contribution in [3.8, 4) is 0 Å². The van der Waals surface area contributed by atoms with Gasteiger partial charge in [-0.25, -0.2) is 0 Å². The smallest absolute Gasteiger partial charge is 0.0346 e. The fourth-order valence-electron chi connectivity index (χ4n) is 2.31. The Hall–Kier alpha value is -0.850. The summed E-state index contributed by atoms with van der Waals surface area (Å²) in [5, 5.41) is 7.88. The Morgan fingerprint density at radius 1 is 1.46 bits per heavy atom. The van der Waals surface area contributed by atoms with Crippen molar-refractivity contribution < 1.29 is 0 Å². The molecule has 0 aliphatic heterocycles. The molecule has 2 bridgehead atoms. The molecule has 13 heavy (non-hydrogen) atoms. The average molecular weight is 175 g/mol. The van der Waals surface area contributed by atoms with E-state index in [9.17, 15) is 0 Å². The van der Waals surface area contributed by atoms with E-state index in [0.29, 0.717) is 0 Å². The number of fused-ring (bicyclic) bond motifs is 3. The van der Waals surface area contributed by atoms with Gasteiger partial charge in [0.2, 0.25) is 0 Å². The van der Waals surface area contributed by atoms with Crippen molar-refractivity contribution in [3.63, 3.8) is 0 Å². The minimum Gasteiger partial charge on any atom is -0.305 e. The molecule has 0 radical (unpaired) electrons. The van der Waals surface area contributed by atoms with Crippen LogP contribution in [-0.2, 0) is 0 Å². The summed E-state index contributed by atoms with van der Waals surface area (Å²) in [6, 6.07) is 0. The van der Waals surface area contributed by atoms with Crippen molar-refractivity contribution in [3.05, 3.63) is 23.3 Å². The van der Waals surface area contributed by atoms with E-state index >= 15 is 0 Å². The van der Waals surface area contributed by atoms with Crippen molar-refractivity contribution in [1.29, 1.82) is 5.41 Å². The minimum atomic E-state index is 0.722. The van der Waals surface area contributed by atoms with Gasteiger partial charge in [0.05, 0.1) is 0 Å². The molecule has 3 aliphatic carbocycles. The Kier molecular flexibility index (Phi) is 2.10. The van der Waals surface area contributed by atoms with Crippen LogP contribution in [0.4, 0.5) is 0 Å². The van der Waals surface area contributed by atoms with Crippen molar-refractivity contribution in [2.24, 2.45) is 11.8 Å². The fourth-order valence-corrected chi connectivity index (χ4v) is 2.31. The molecule has 3 aliphatic rings. The molecule has 0 aromatic carbocycles. The van der Waals surface area contributed by atoms with E-state index in [-0.39, 0.29) is 0 Å². The number of hydrogen-bond donors (Lipinski definition) is 1. The van der Waals surface area contributed by atoms with Crippen molar-refractivity contribution in [2.45, 2.75) is 33.1 Å². The molecule has 0 saturated carbocycles. The van der Waals surface area contributed by atoms with Crippen molar-refractivity contribution >= 4 is 5.71 Å². The van der Waals surface area contributed by atoms with Gasteiger partial charge in [-0.1, -0.05) is 31.1 Å². The Morgan fingerprint density at radius 3 is 2.77 bits per heavy atom. The van der Waals surface area contributed by atoms with Crippen LogP contribution in [-0.4, -0.2) is 5.71 Å². The predicted molar refractivity (Wildman–Crippen MR) is 56.1 cm³/mol. The van der Waals surface area contributed by atoms with Crippen LogP contribution in [0.25, 0.3) is 0 Å². The molecule has 1 heteroatoms. The summed E-state index contributed by atoms with van der Waals surface area (Å²) >= 11 is 0. The highest BCUT2D eigenvalue weighted by atomic mass is 14.5. The molecular weight excluding hydrogens is 158 g/mol. The number of hydrogen-bond acceptors (Lipinski definition) is 1. The van der Waals surface area contributed by atoms with Gasteiger partial charge in [0.1, 0.15) is 0 Å². The molecule has 0 saturated heterocycles. The molecule has 0 amide bonds. The highest BCUT2D eigenvalue weighted by Crippen LogP contribution is 2.39. The lowest BCUT2D eigenvalue weighted by atomic mass is 9.71. The van der Waals surface area contributed by atoms with E-state index in [4.69, 9.17) is 5.41 Å². The summed E-state index contributed by atoms with van der Waals surface area (Å²) < 4.78 is 0. The van der Waals surface area contributed by atoms with Crippen LogP contribution < -0.4 is 0 Å². The second-order valence-corrected chi connectivity index (χ2v) is 4.29. The Morgan fingerprint density at radius 2 is 2.15 bits per heavy atom. The molecule has 0 aromatic heterocycles. The molecule has 3 rings (SSSR count). The van der Waals surface area contributed by atoms with E-state index in [1.54, 1.807) is 0 Å². The maximum absolute atomic E-state index is 7.88. The highest BCUT2D eigenvalue weighted by Gasteiger charge is 2.28. The summed E-state index contributed by atoms with van der Waals surface area (Å²) in [7, 11) is 0. The molecule has 0 heterocycles. The predicted octanol–water partition coefficient (Wildman–Crippen LogP) is 3.33. The van der Waals surface area contributed by atoms with Gasteiger partial charge in [-0.2, -0.15) is 0 Å². The molecule has 1 N–H and O–H groups in total. The lowest BCUT2D eigenvalue weighted by molar-refractivity contribution is 0.363. The molecule has 0 spiro atoms. The van der Waals surface area contributed by atoms with Gasteiger partial charge in [0, 0.05) is 5.71 Å². The quantitative estimate of drug-likeness (QED) is 0.632. The van der Waals surface area contributed by atoms with Crippen LogP contribution in [0.1, 0.15) is 33.1 Å². The maximum Gasteiger partial charge on any atom is 0.0346 e. The van der Waals surface area contributed by atoms with Gasteiger partial charge in [0.25, 0.3) is 0 Å². The summed E-state index contributed by atoms with van der Waals surface area (Å²) in [4.78, 5) is 0. The van der Waals surface area contributed by atoms with Gasteiger partial charge in [-0.05, 0) is 37.2 Å². The van der Waals surface area contributed by atoms with E-state index in [0.717, 1.165) is 24.0 Å². The van der Waals surface area contributed by atoms with Crippen LogP contribution >= 0.6 is 0 Å². The summed E-state index contributed by atoms with van der Waals surface area (Å²) in [5.41, 5.74) is 3.47. The number of rotatable bonds is 1. The van der Waals surface area contributed by atoms with Gasteiger partial charge < -0.3 is 5.41 Å². The lowest BCUT2D eigenvalue weighted by Gasteiger charge is -2.34. The molecule has 2 unspecified atom stereocenters. The van der Waals surface area contributed by atoms with Crippen LogP contribution in [0.3, 0.4) is 0 Å². The third kappa shape index (κ3) is 1.48. The first-order valence-corrected chi connectivity index (χ1v) is 5.17. The summed E-state index contributed by atoms with van der Waals surface area (Å²) in [6.07, 6.45) is 8.02. The largest absolute Gasteiger partial charge is 0.305 e. The van der Waals surface area contributed by atoms with Crippen LogP contribution in [0.15, 0.2) is 23.3 Å². The van der Waals surface area contributed by atoms with Crippen molar-refractivity contribution in [1.82, 2.24) is 0 Å². The maximum atomic E-state index is 7.88. The number of nitrogens with one attached hydrogen (secondary N) is 1. The Bertz CT molecular complexity index is 296. The monoisotopic (exact) mass is 175 g/mol. The van der Waals surface area contributed by atoms with Crippen molar-refractivity contribution in [2.75, 3.05) is 0 Å². The fraction of sp³-hybridized carbons (Fsp3) is 0.583. The van der Waals surface area contributed by atoms with Gasteiger partial charge in [-0.3, -0.25) is 0 Å². The second-order valence-electron chi connectivity index (χ2n) is 4.29. The van der Waals surface area contributed by atoms with E-state index in [2.05, 4.69) is 26.0 Å². The summed E-state index contributed by atoms with van der Waals surface area (Å²) in [6.45, 7) is 4.30. The zero-order valence-electron chi connectivity index (χ0n) is 8.43. The normalized spacial score (nSPS) is 32.6. The summed E-state index contributed by atoms with van der Waals surface area (Å²) in [5.74, 6) is 1.49. The third-order valence-electron chi connectivity index (χ3n) is 3.37. The molecule has 0 aromatic rings. The Labute approximate surface area is 80.0 Å². The third-order valence-corrected chi connectivity index (χ3v) is 3.37. The second kappa shape index (κ2) is 3.13. The zero-order valence-corrected chi connectivity index (χ0v) is 8.43. The van der Waals surface area contributed by atoms with Gasteiger partial charge in [0.15, 0.2) is 0 Å². The zero-order chi connectivity index (χ0) is 9.42. The standard InChI is InChI=1S/C12H17N/c1-3-10-7-12(13)8(2)4-9-5-11(10)6-9/h4-5,10-11,13H,3,6-7H2,1-2H3. The van der Waals surface area contributed by atoms with E-state index < -0.39 is 0 Å². The van der Waals surface area contributed by atoms with Gasteiger partial charge >= 0.3 is 0 Å². The minimum absolute atomic E-state index is 0.722. The topological polar surface area (TPSA) is 23.9 Å². The molecule has 1 nitrogen and oxygen atoms in total. The van der Waals surface area contributed by atoms with Gasteiger partial charge in [-0.15, -0.1) is 0 Å².